The number of hydrogen-bond acceptors (Lipinski definition) is 1. The maximum Gasteiger partial charge on any atom is 0.324 e. The zero-order chi connectivity index (χ0) is 10.1. The topological polar surface area (TPSA) is 37.3 Å². The molecule has 0 radical (unpaired) electrons. The third kappa shape index (κ3) is 2.06. The minimum atomic E-state index is -1.15. The van der Waals surface area contributed by atoms with Gasteiger partial charge in [-0.3, -0.25) is 4.79 Å². The summed E-state index contributed by atoms with van der Waals surface area (Å²) in [6, 6.07) is 5.35. The maximum absolute atomic E-state index is 12.5. The van der Waals surface area contributed by atoms with Crippen molar-refractivity contribution in [2.45, 2.75) is 11.2 Å². The molecule has 0 amide bonds. The van der Waals surface area contributed by atoms with Crippen molar-refractivity contribution in [1.29, 1.82) is 0 Å². The smallest absolute Gasteiger partial charge is 0.324 e. The van der Waals surface area contributed by atoms with Crippen molar-refractivity contribution in [3.63, 3.8) is 0 Å². The number of aliphatic carboxylic acids is 1. The minimum absolute atomic E-state index is 0.377. The zero-order valence-electron chi connectivity index (χ0n) is 6.92. The van der Waals surface area contributed by atoms with Crippen LogP contribution in [0.5, 0.6) is 0 Å². The Morgan fingerprint density at radius 3 is 2.31 bits per heavy atom. The summed E-state index contributed by atoms with van der Waals surface area (Å²) in [5, 5.41) is 8.82. The van der Waals surface area contributed by atoms with Crippen LogP contribution in [0.2, 0.25) is 0 Å². The fourth-order valence-electron chi connectivity index (χ4n) is 0.886. The van der Waals surface area contributed by atoms with Gasteiger partial charge in [0.1, 0.15) is 10.1 Å². The summed E-state index contributed by atoms with van der Waals surface area (Å²) in [5.41, 5.74) is 0.515. The lowest BCUT2D eigenvalue weighted by molar-refractivity contribution is -0.139. The fourth-order valence-corrected chi connectivity index (χ4v) is 1.15. The fraction of sp³-hybridized carbons (Fsp3) is 0.222. The van der Waals surface area contributed by atoms with Crippen LogP contribution in [0.3, 0.4) is 0 Å². The van der Waals surface area contributed by atoms with E-state index in [1.165, 1.54) is 31.2 Å². The molecular formula is C9H8BrFO2. The minimum Gasteiger partial charge on any atom is -0.480 e. The van der Waals surface area contributed by atoms with E-state index in [2.05, 4.69) is 15.9 Å². The highest BCUT2D eigenvalue weighted by molar-refractivity contribution is 9.10. The van der Waals surface area contributed by atoms with Gasteiger partial charge in [0.25, 0.3) is 0 Å². The summed E-state index contributed by atoms with van der Waals surface area (Å²) in [4.78, 5) is 10.8. The quantitative estimate of drug-likeness (QED) is 0.815. The number of carbonyl (C=O) groups is 1. The summed E-state index contributed by atoms with van der Waals surface area (Å²) in [7, 11) is 0. The first-order valence-corrected chi connectivity index (χ1v) is 4.42. The van der Waals surface area contributed by atoms with E-state index in [1.54, 1.807) is 0 Å². The molecule has 0 spiro atoms. The van der Waals surface area contributed by atoms with E-state index in [4.69, 9.17) is 5.11 Å². The highest BCUT2D eigenvalue weighted by Crippen LogP contribution is 2.30. The average molecular weight is 247 g/mol. The first kappa shape index (κ1) is 10.2. The molecule has 0 aliphatic heterocycles. The first-order valence-electron chi connectivity index (χ1n) is 3.63. The summed E-state index contributed by atoms with van der Waals surface area (Å²) in [6.07, 6.45) is 0. The Morgan fingerprint density at radius 2 is 1.92 bits per heavy atom. The van der Waals surface area contributed by atoms with Gasteiger partial charge >= 0.3 is 5.97 Å². The van der Waals surface area contributed by atoms with E-state index in [1.807, 2.05) is 0 Å². The molecule has 2 nitrogen and oxygen atoms in total. The van der Waals surface area contributed by atoms with Crippen LogP contribution in [0.4, 0.5) is 4.39 Å². The third-order valence-corrected chi connectivity index (χ3v) is 2.59. The van der Waals surface area contributed by atoms with Gasteiger partial charge in [0.05, 0.1) is 0 Å². The lowest BCUT2D eigenvalue weighted by Crippen LogP contribution is -2.24. The molecule has 1 rings (SSSR count). The van der Waals surface area contributed by atoms with Crippen molar-refractivity contribution in [2.24, 2.45) is 0 Å². The molecule has 1 atom stereocenters. The van der Waals surface area contributed by atoms with Crippen LogP contribution in [0.25, 0.3) is 0 Å². The van der Waals surface area contributed by atoms with Crippen LogP contribution in [-0.2, 0) is 9.12 Å². The second kappa shape index (κ2) is 3.46. The molecule has 0 fully saturated rings. The van der Waals surface area contributed by atoms with E-state index >= 15 is 0 Å². The number of alkyl halides is 1. The van der Waals surface area contributed by atoms with E-state index in [0.29, 0.717) is 5.56 Å². The summed E-state index contributed by atoms with van der Waals surface area (Å²) in [5.74, 6) is -1.38. The second-order valence-corrected chi connectivity index (χ2v) is 4.40. The highest BCUT2D eigenvalue weighted by atomic mass is 79.9. The Hall–Kier alpha value is -0.900. The van der Waals surface area contributed by atoms with Gasteiger partial charge in [-0.25, -0.2) is 4.39 Å². The molecule has 70 valence electrons. The van der Waals surface area contributed by atoms with Gasteiger partial charge < -0.3 is 5.11 Å². The largest absolute Gasteiger partial charge is 0.480 e. The number of rotatable bonds is 2. The molecule has 0 aliphatic rings. The standard InChI is InChI=1S/C9H8BrFO2/c1-9(10,8(12)13)6-2-4-7(11)5-3-6/h2-5H,1H3,(H,12,13). The molecule has 1 unspecified atom stereocenters. The third-order valence-electron chi connectivity index (χ3n) is 1.79. The van der Waals surface area contributed by atoms with Crippen molar-refractivity contribution in [3.05, 3.63) is 35.6 Å². The molecule has 0 saturated carbocycles. The molecule has 0 bridgehead atoms. The Labute approximate surface area is 83.5 Å². The summed E-state index contributed by atoms with van der Waals surface area (Å²) < 4.78 is 11.4. The number of hydrogen-bond donors (Lipinski definition) is 1. The number of halogens is 2. The van der Waals surface area contributed by atoms with Gasteiger partial charge in [0, 0.05) is 0 Å². The second-order valence-electron chi connectivity index (χ2n) is 2.82. The van der Waals surface area contributed by atoms with Crippen molar-refractivity contribution in [3.8, 4) is 0 Å². The molecule has 13 heavy (non-hydrogen) atoms. The SMILES string of the molecule is CC(Br)(C(=O)O)c1ccc(F)cc1. The maximum atomic E-state index is 12.5. The normalized spacial score (nSPS) is 15.0. The van der Waals surface area contributed by atoms with Crippen LogP contribution in [0.15, 0.2) is 24.3 Å². The van der Waals surface area contributed by atoms with Crippen LogP contribution in [0.1, 0.15) is 12.5 Å². The van der Waals surface area contributed by atoms with Gasteiger partial charge in [-0.15, -0.1) is 0 Å². The van der Waals surface area contributed by atoms with E-state index in [9.17, 15) is 9.18 Å². The molecule has 1 N–H and O–H groups in total. The van der Waals surface area contributed by atoms with Gasteiger partial charge in [-0.1, -0.05) is 28.1 Å². The monoisotopic (exact) mass is 246 g/mol. The number of carboxylic acids is 1. The Morgan fingerprint density at radius 1 is 1.46 bits per heavy atom. The van der Waals surface area contributed by atoms with Crippen molar-refractivity contribution in [1.82, 2.24) is 0 Å². The van der Waals surface area contributed by atoms with Crippen LogP contribution in [-0.4, -0.2) is 11.1 Å². The first-order chi connectivity index (χ1) is 5.94. The van der Waals surface area contributed by atoms with E-state index < -0.39 is 10.3 Å². The van der Waals surface area contributed by atoms with Crippen LogP contribution >= 0.6 is 15.9 Å². The lowest BCUT2D eigenvalue weighted by Gasteiger charge is -2.16. The highest BCUT2D eigenvalue weighted by Gasteiger charge is 2.31. The van der Waals surface area contributed by atoms with Crippen LogP contribution < -0.4 is 0 Å². The molecule has 0 aromatic heterocycles. The lowest BCUT2D eigenvalue weighted by atomic mass is 10.0. The molecular weight excluding hydrogens is 239 g/mol. The van der Waals surface area contributed by atoms with Crippen molar-refractivity contribution in [2.75, 3.05) is 0 Å². The van der Waals surface area contributed by atoms with Gasteiger partial charge in [-0.05, 0) is 24.6 Å². The predicted molar refractivity (Wildman–Crippen MR) is 50.3 cm³/mol. The molecule has 0 saturated heterocycles. The molecule has 0 aliphatic carbocycles. The van der Waals surface area contributed by atoms with E-state index in [0.717, 1.165) is 0 Å². The summed E-state index contributed by atoms with van der Waals surface area (Å²) in [6.45, 7) is 1.50. The molecule has 1 aromatic carbocycles. The van der Waals surface area contributed by atoms with Crippen LogP contribution in [0, 0.1) is 5.82 Å². The van der Waals surface area contributed by atoms with Crippen molar-refractivity contribution < 1.29 is 14.3 Å². The Kier molecular flexibility index (Phi) is 2.71. The predicted octanol–water partition coefficient (Wildman–Crippen LogP) is 2.52. The molecule has 4 heteroatoms. The molecule has 1 aromatic rings. The average Bonchev–Trinajstić information content (AvgIpc) is 2.04. The molecule has 0 heterocycles. The number of carboxylic acid groups (broad SMARTS) is 1. The van der Waals surface area contributed by atoms with Gasteiger partial charge in [0.2, 0.25) is 0 Å². The summed E-state index contributed by atoms with van der Waals surface area (Å²) >= 11 is 3.06. The van der Waals surface area contributed by atoms with Gasteiger partial charge in [-0.2, -0.15) is 0 Å². The Bertz CT molecular complexity index is 319. The number of benzene rings is 1. The van der Waals surface area contributed by atoms with E-state index in [-0.39, 0.29) is 5.82 Å². The Balaban J connectivity index is 3.08. The zero-order valence-corrected chi connectivity index (χ0v) is 8.51. The van der Waals surface area contributed by atoms with Gasteiger partial charge in [0.15, 0.2) is 0 Å². The van der Waals surface area contributed by atoms with Crippen molar-refractivity contribution >= 4 is 21.9 Å².